The van der Waals surface area contributed by atoms with Gasteiger partial charge in [0.2, 0.25) is 0 Å². The van der Waals surface area contributed by atoms with Crippen molar-refractivity contribution in [3.05, 3.63) is 40.2 Å². The molecule has 0 N–H and O–H groups in total. The van der Waals surface area contributed by atoms with E-state index in [2.05, 4.69) is 11.9 Å². The first kappa shape index (κ1) is 17.6. The smallest absolute Gasteiger partial charge is 0.261 e. The van der Waals surface area contributed by atoms with Crippen LogP contribution in [-0.2, 0) is 6.54 Å². The second kappa shape index (κ2) is 8.80. The maximum Gasteiger partial charge on any atom is 0.261 e. The molecule has 0 atom stereocenters. The molecule has 1 heterocycles. The van der Waals surface area contributed by atoms with Crippen LogP contribution in [0.4, 0.5) is 4.39 Å². The molecular formula is C19H27FN2O. The number of aromatic nitrogens is 2. The van der Waals surface area contributed by atoms with Crippen LogP contribution >= 0.6 is 0 Å². The van der Waals surface area contributed by atoms with E-state index in [1.54, 1.807) is 10.6 Å². The quantitative estimate of drug-likeness (QED) is 0.611. The van der Waals surface area contributed by atoms with Crippen molar-refractivity contribution >= 4 is 10.9 Å². The summed E-state index contributed by atoms with van der Waals surface area (Å²) in [5, 5.41) is 0.371. The highest BCUT2D eigenvalue weighted by Crippen LogP contribution is 2.12. The van der Waals surface area contributed by atoms with Crippen molar-refractivity contribution < 1.29 is 4.39 Å². The van der Waals surface area contributed by atoms with Gasteiger partial charge in [0.05, 0.1) is 10.9 Å². The zero-order valence-electron chi connectivity index (χ0n) is 14.3. The van der Waals surface area contributed by atoms with Gasteiger partial charge in [-0.25, -0.2) is 9.37 Å². The number of aryl methyl sites for hydroxylation is 1. The Labute approximate surface area is 137 Å². The van der Waals surface area contributed by atoms with Crippen molar-refractivity contribution in [2.75, 3.05) is 0 Å². The Balaban J connectivity index is 1.91. The predicted octanol–water partition coefficient (Wildman–Crippen LogP) is 4.98. The Morgan fingerprint density at radius 3 is 2.39 bits per heavy atom. The summed E-state index contributed by atoms with van der Waals surface area (Å²) in [5.41, 5.74) is 0.441. The summed E-state index contributed by atoms with van der Waals surface area (Å²) in [6, 6.07) is 4.20. The van der Waals surface area contributed by atoms with Crippen LogP contribution in [0.3, 0.4) is 0 Å². The van der Waals surface area contributed by atoms with Crippen molar-refractivity contribution in [1.82, 2.24) is 9.55 Å². The van der Waals surface area contributed by atoms with E-state index in [1.807, 2.05) is 6.92 Å². The van der Waals surface area contributed by atoms with E-state index < -0.39 is 0 Å². The monoisotopic (exact) mass is 318 g/mol. The average molecular weight is 318 g/mol. The lowest BCUT2D eigenvalue weighted by atomic mass is 10.1. The molecule has 126 valence electrons. The van der Waals surface area contributed by atoms with Gasteiger partial charge in [0.15, 0.2) is 0 Å². The van der Waals surface area contributed by atoms with Gasteiger partial charge < -0.3 is 0 Å². The Hall–Kier alpha value is -1.71. The number of hydrogen-bond donors (Lipinski definition) is 0. The largest absolute Gasteiger partial charge is 0.296 e. The summed E-state index contributed by atoms with van der Waals surface area (Å²) >= 11 is 0. The molecule has 23 heavy (non-hydrogen) atoms. The Bertz CT molecular complexity index is 694. The van der Waals surface area contributed by atoms with Crippen LogP contribution < -0.4 is 5.56 Å². The summed E-state index contributed by atoms with van der Waals surface area (Å²) in [6.07, 6.45) is 9.82. The van der Waals surface area contributed by atoms with E-state index in [0.29, 0.717) is 23.3 Å². The minimum Gasteiger partial charge on any atom is -0.296 e. The van der Waals surface area contributed by atoms with Crippen LogP contribution in [0.25, 0.3) is 10.9 Å². The van der Waals surface area contributed by atoms with E-state index in [-0.39, 0.29) is 11.4 Å². The van der Waals surface area contributed by atoms with Crippen LogP contribution in [0.15, 0.2) is 23.0 Å². The third kappa shape index (κ3) is 4.88. The molecule has 0 aliphatic heterocycles. The molecule has 3 nitrogen and oxygen atoms in total. The molecule has 1 aromatic carbocycles. The van der Waals surface area contributed by atoms with Crippen LogP contribution in [0.2, 0.25) is 0 Å². The lowest BCUT2D eigenvalue weighted by Gasteiger charge is -2.10. The van der Waals surface area contributed by atoms with E-state index in [9.17, 15) is 9.18 Å². The van der Waals surface area contributed by atoms with Gasteiger partial charge in [0, 0.05) is 6.54 Å². The van der Waals surface area contributed by atoms with E-state index in [4.69, 9.17) is 0 Å². The van der Waals surface area contributed by atoms with Crippen molar-refractivity contribution in [2.45, 2.75) is 71.8 Å². The van der Waals surface area contributed by atoms with Gasteiger partial charge in [-0.15, -0.1) is 0 Å². The minimum atomic E-state index is -0.390. The first-order valence-electron chi connectivity index (χ1n) is 8.80. The Morgan fingerprint density at radius 2 is 1.70 bits per heavy atom. The van der Waals surface area contributed by atoms with Crippen molar-refractivity contribution in [1.29, 1.82) is 0 Å². The molecular weight excluding hydrogens is 291 g/mol. The first-order chi connectivity index (χ1) is 11.1. The summed E-state index contributed by atoms with van der Waals surface area (Å²) in [5.74, 6) is 0.316. The predicted molar refractivity (Wildman–Crippen MR) is 93.3 cm³/mol. The Kier molecular flexibility index (Phi) is 6.75. The fourth-order valence-corrected chi connectivity index (χ4v) is 2.97. The Morgan fingerprint density at radius 1 is 1.04 bits per heavy atom. The summed E-state index contributed by atoms with van der Waals surface area (Å²) in [4.78, 5) is 16.9. The summed E-state index contributed by atoms with van der Waals surface area (Å²) < 4.78 is 15.0. The molecule has 0 amide bonds. The maximum atomic E-state index is 13.4. The molecule has 0 aliphatic rings. The first-order valence-corrected chi connectivity index (χ1v) is 8.80. The lowest BCUT2D eigenvalue weighted by Crippen LogP contribution is -2.24. The molecule has 0 spiro atoms. The number of nitrogens with zero attached hydrogens (tertiary/aromatic N) is 2. The second-order valence-corrected chi connectivity index (χ2v) is 6.25. The van der Waals surface area contributed by atoms with Gasteiger partial charge in [-0.05, 0) is 31.5 Å². The molecule has 4 heteroatoms. The van der Waals surface area contributed by atoms with Crippen LogP contribution in [-0.4, -0.2) is 9.55 Å². The maximum absolute atomic E-state index is 13.4. The zero-order chi connectivity index (χ0) is 16.7. The molecule has 0 radical (unpaired) electrons. The fourth-order valence-electron chi connectivity index (χ4n) is 2.97. The van der Waals surface area contributed by atoms with E-state index in [1.165, 1.54) is 50.7 Å². The minimum absolute atomic E-state index is 0.130. The lowest BCUT2D eigenvalue weighted by molar-refractivity contribution is 0.529. The van der Waals surface area contributed by atoms with Crippen LogP contribution in [0.5, 0.6) is 0 Å². The molecule has 0 fully saturated rings. The third-order valence-electron chi connectivity index (χ3n) is 4.34. The number of hydrogen-bond acceptors (Lipinski definition) is 2. The highest BCUT2D eigenvalue weighted by Gasteiger charge is 2.08. The molecule has 2 rings (SSSR count). The molecule has 0 saturated heterocycles. The zero-order valence-corrected chi connectivity index (χ0v) is 14.3. The number of fused-ring (bicyclic) bond motifs is 1. The van der Waals surface area contributed by atoms with E-state index in [0.717, 1.165) is 12.8 Å². The van der Waals surface area contributed by atoms with Gasteiger partial charge >= 0.3 is 0 Å². The standard InChI is InChI=1S/C19H27FN2O/c1-3-4-5-6-7-8-9-10-13-22-15(2)21-18-12-11-16(20)14-17(18)19(22)23/h11-12,14H,3-10,13H2,1-2H3. The fraction of sp³-hybridized carbons (Fsp3) is 0.579. The number of benzene rings is 1. The van der Waals surface area contributed by atoms with Crippen LogP contribution in [0, 0.1) is 12.7 Å². The molecule has 1 aromatic heterocycles. The SMILES string of the molecule is CCCCCCCCCCn1c(C)nc2ccc(F)cc2c1=O. The number of unbranched alkanes of at least 4 members (excludes halogenated alkanes) is 7. The summed E-state index contributed by atoms with van der Waals surface area (Å²) in [7, 11) is 0. The molecule has 0 bridgehead atoms. The number of rotatable bonds is 9. The van der Waals surface area contributed by atoms with Crippen molar-refractivity contribution in [2.24, 2.45) is 0 Å². The average Bonchev–Trinajstić information content (AvgIpc) is 2.53. The molecule has 0 aliphatic carbocycles. The molecule has 0 saturated carbocycles. The topological polar surface area (TPSA) is 34.9 Å². The molecule has 0 unspecified atom stereocenters. The van der Waals surface area contributed by atoms with Gasteiger partial charge in [0.1, 0.15) is 11.6 Å². The van der Waals surface area contributed by atoms with Gasteiger partial charge in [-0.3, -0.25) is 9.36 Å². The van der Waals surface area contributed by atoms with E-state index >= 15 is 0 Å². The number of halogens is 1. The van der Waals surface area contributed by atoms with Crippen molar-refractivity contribution in [3.63, 3.8) is 0 Å². The van der Waals surface area contributed by atoms with Gasteiger partial charge in [-0.2, -0.15) is 0 Å². The highest BCUT2D eigenvalue weighted by molar-refractivity contribution is 5.77. The second-order valence-electron chi connectivity index (χ2n) is 6.25. The van der Waals surface area contributed by atoms with Gasteiger partial charge in [-0.1, -0.05) is 51.9 Å². The normalized spacial score (nSPS) is 11.3. The van der Waals surface area contributed by atoms with Gasteiger partial charge in [0.25, 0.3) is 5.56 Å². The van der Waals surface area contributed by atoms with Crippen molar-refractivity contribution in [3.8, 4) is 0 Å². The highest BCUT2D eigenvalue weighted by atomic mass is 19.1. The third-order valence-corrected chi connectivity index (χ3v) is 4.34. The summed E-state index contributed by atoms with van der Waals surface area (Å²) in [6.45, 7) is 4.73. The van der Waals surface area contributed by atoms with Crippen LogP contribution in [0.1, 0.15) is 64.1 Å². The molecule has 2 aromatic rings.